The summed E-state index contributed by atoms with van der Waals surface area (Å²) < 4.78 is 5.35. The number of aliphatic hydroxyl groups excluding tert-OH is 1. The van der Waals surface area contributed by atoms with Gasteiger partial charge in [-0.3, -0.25) is 0 Å². The van der Waals surface area contributed by atoms with Gasteiger partial charge >= 0.3 is 0 Å². The smallest absolute Gasteiger partial charge is 0.142 e. The quantitative estimate of drug-likeness (QED) is 0.679. The van der Waals surface area contributed by atoms with Gasteiger partial charge in [0.1, 0.15) is 23.9 Å². The predicted molar refractivity (Wildman–Crippen MR) is 75.8 cm³/mol. The molecule has 0 aliphatic rings. The summed E-state index contributed by atoms with van der Waals surface area (Å²) in [6.07, 6.45) is 0. The standard InChI is InChI=1S/C15H14N2O3/c18-7-8-20-10-5-6-12-13(9-10)17-15(16-12)11-3-1-2-4-14(11)19/h1-6,9,18-19H,7-8H2,(H,16,17). The van der Waals surface area contributed by atoms with E-state index in [1.807, 2.05) is 18.2 Å². The number of fused-ring (bicyclic) bond motifs is 1. The van der Waals surface area contributed by atoms with Gasteiger partial charge in [0.2, 0.25) is 0 Å². The number of para-hydroxylation sites is 1. The normalized spacial score (nSPS) is 10.8. The number of ether oxygens (including phenoxy) is 1. The van der Waals surface area contributed by atoms with Crippen molar-refractivity contribution >= 4 is 11.0 Å². The maximum Gasteiger partial charge on any atom is 0.142 e. The van der Waals surface area contributed by atoms with Gasteiger partial charge in [-0.25, -0.2) is 4.98 Å². The maximum absolute atomic E-state index is 9.85. The first-order valence-corrected chi connectivity index (χ1v) is 6.30. The summed E-state index contributed by atoms with van der Waals surface area (Å²) in [7, 11) is 0. The van der Waals surface area contributed by atoms with Gasteiger partial charge in [-0.05, 0) is 24.3 Å². The molecule has 3 rings (SSSR count). The molecule has 0 saturated heterocycles. The van der Waals surface area contributed by atoms with Crippen molar-refractivity contribution in [2.75, 3.05) is 13.2 Å². The molecule has 0 aliphatic heterocycles. The molecule has 0 unspecified atom stereocenters. The van der Waals surface area contributed by atoms with E-state index < -0.39 is 0 Å². The highest BCUT2D eigenvalue weighted by molar-refractivity contribution is 5.81. The number of rotatable bonds is 4. The van der Waals surface area contributed by atoms with Crippen molar-refractivity contribution in [3.8, 4) is 22.9 Å². The minimum absolute atomic E-state index is 0.0237. The highest BCUT2D eigenvalue weighted by Gasteiger charge is 2.09. The number of nitrogens with zero attached hydrogens (tertiary/aromatic N) is 1. The van der Waals surface area contributed by atoms with Crippen LogP contribution in [-0.2, 0) is 0 Å². The van der Waals surface area contributed by atoms with Gasteiger partial charge in [0.25, 0.3) is 0 Å². The van der Waals surface area contributed by atoms with E-state index in [2.05, 4.69) is 9.97 Å². The van der Waals surface area contributed by atoms with Crippen LogP contribution in [0.1, 0.15) is 0 Å². The largest absolute Gasteiger partial charge is 0.507 e. The van der Waals surface area contributed by atoms with E-state index in [9.17, 15) is 5.11 Å². The maximum atomic E-state index is 9.85. The van der Waals surface area contributed by atoms with E-state index in [1.54, 1.807) is 24.3 Å². The van der Waals surface area contributed by atoms with Gasteiger partial charge < -0.3 is 19.9 Å². The molecular weight excluding hydrogens is 256 g/mol. The minimum Gasteiger partial charge on any atom is -0.507 e. The molecule has 0 saturated carbocycles. The van der Waals surface area contributed by atoms with E-state index >= 15 is 0 Å². The monoisotopic (exact) mass is 270 g/mol. The van der Waals surface area contributed by atoms with Crippen molar-refractivity contribution in [2.45, 2.75) is 0 Å². The van der Waals surface area contributed by atoms with Gasteiger partial charge in [-0.15, -0.1) is 0 Å². The Balaban J connectivity index is 2.00. The Hall–Kier alpha value is -2.53. The Bertz CT molecular complexity index is 737. The molecule has 1 heterocycles. The van der Waals surface area contributed by atoms with Crippen LogP contribution in [0.2, 0.25) is 0 Å². The topological polar surface area (TPSA) is 78.4 Å². The Labute approximate surface area is 115 Å². The average molecular weight is 270 g/mol. The zero-order chi connectivity index (χ0) is 13.9. The minimum atomic E-state index is -0.0237. The lowest BCUT2D eigenvalue weighted by Crippen LogP contribution is -2.01. The van der Waals surface area contributed by atoms with Crippen molar-refractivity contribution in [3.05, 3.63) is 42.5 Å². The lowest BCUT2D eigenvalue weighted by molar-refractivity contribution is 0.201. The molecular formula is C15H14N2O3. The van der Waals surface area contributed by atoms with Crippen LogP contribution >= 0.6 is 0 Å². The molecule has 0 amide bonds. The average Bonchev–Trinajstić information content (AvgIpc) is 2.88. The molecule has 0 radical (unpaired) electrons. The number of hydrogen-bond acceptors (Lipinski definition) is 4. The van der Waals surface area contributed by atoms with Crippen molar-refractivity contribution in [2.24, 2.45) is 0 Å². The number of nitrogens with one attached hydrogen (secondary N) is 1. The van der Waals surface area contributed by atoms with Gasteiger partial charge in [0.15, 0.2) is 0 Å². The van der Waals surface area contributed by atoms with Crippen molar-refractivity contribution in [3.63, 3.8) is 0 Å². The van der Waals surface area contributed by atoms with E-state index in [0.717, 1.165) is 11.0 Å². The second-order valence-electron chi connectivity index (χ2n) is 4.35. The van der Waals surface area contributed by atoms with E-state index in [-0.39, 0.29) is 19.0 Å². The van der Waals surface area contributed by atoms with Gasteiger partial charge in [0, 0.05) is 6.07 Å². The first kappa shape index (κ1) is 12.5. The molecule has 3 N–H and O–H groups in total. The van der Waals surface area contributed by atoms with Crippen LogP contribution in [0.5, 0.6) is 11.5 Å². The first-order chi connectivity index (χ1) is 9.78. The van der Waals surface area contributed by atoms with E-state index in [4.69, 9.17) is 9.84 Å². The Kier molecular flexibility index (Phi) is 3.26. The van der Waals surface area contributed by atoms with Gasteiger partial charge in [-0.1, -0.05) is 12.1 Å². The van der Waals surface area contributed by atoms with Crippen molar-refractivity contribution in [1.29, 1.82) is 0 Å². The highest BCUT2D eigenvalue weighted by Crippen LogP contribution is 2.29. The number of aliphatic hydroxyl groups is 1. The Morgan fingerprint density at radius 1 is 1.15 bits per heavy atom. The van der Waals surface area contributed by atoms with E-state index in [0.29, 0.717) is 17.1 Å². The fourth-order valence-electron chi connectivity index (χ4n) is 2.04. The number of phenols is 1. The number of aromatic nitrogens is 2. The van der Waals surface area contributed by atoms with Crippen LogP contribution in [-0.4, -0.2) is 33.4 Å². The third-order valence-electron chi connectivity index (χ3n) is 2.97. The first-order valence-electron chi connectivity index (χ1n) is 6.30. The Morgan fingerprint density at radius 2 is 2.00 bits per heavy atom. The second-order valence-corrected chi connectivity index (χ2v) is 4.35. The molecule has 0 atom stereocenters. The molecule has 0 fully saturated rings. The van der Waals surface area contributed by atoms with Crippen LogP contribution in [0.25, 0.3) is 22.4 Å². The van der Waals surface area contributed by atoms with Gasteiger partial charge in [-0.2, -0.15) is 0 Å². The lowest BCUT2D eigenvalue weighted by Gasteiger charge is -2.02. The van der Waals surface area contributed by atoms with Crippen molar-refractivity contribution in [1.82, 2.24) is 9.97 Å². The molecule has 20 heavy (non-hydrogen) atoms. The summed E-state index contributed by atoms with van der Waals surface area (Å²) >= 11 is 0. The predicted octanol–water partition coefficient (Wildman–Crippen LogP) is 2.31. The zero-order valence-electron chi connectivity index (χ0n) is 10.7. The van der Waals surface area contributed by atoms with Crippen LogP contribution in [0, 0.1) is 0 Å². The molecule has 0 spiro atoms. The third kappa shape index (κ3) is 2.31. The number of hydrogen-bond donors (Lipinski definition) is 3. The molecule has 0 bridgehead atoms. The number of imidazole rings is 1. The third-order valence-corrected chi connectivity index (χ3v) is 2.97. The number of phenolic OH excluding ortho intramolecular Hbond substituents is 1. The number of H-pyrrole nitrogens is 1. The fraction of sp³-hybridized carbons (Fsp3) is 0.133. The molecule has 0 aliphatic carbocycles. The van der Waals surface area contributed by atoms with E-state index in [1.165, 1.54) is 0 Å². The summed E-state index contributed by atoms with van der Waals surface area (Å²) in [5.74, 6) is 1.46. The van der Waals surface area contributed by atoms with Gasteiger partial charge in [0.05, 0.1) is 23.2 Å². The lowest BCUT2D eigenvalue weighted by atomic mass is 10.2. The number of aromatic hydroxyl groups is 1. The van der Waals surface area contributed by atoms with Crippen LogP contribution in [0.4, 0.5) is 0 Å². The molecule has 2 aromatic carbocycles. The van der Waals surface area contributed by atoms with Crippen LogP contribution < -0.4 is 4.74 Å². The second kappa shape index (κ2) is 5.22. The zero-order valence-corrected chi connectivity index (χ0v) is 10.7. The summed E-state index contributed by atoms with van der Waals surface area (Å²) in [6, 6.07) is 12.5. The molecule has 5 heteroatoms. The highest BCUT2D eigenvalue weighted by atomic mass is 16.5. The summed E-state index contributed by atoms with van der Waals surface area (Å²) in [5, 5.41) is 18.6. The number of aromatic amines is 1. The summed E-state index contributed by atoms with van der Waals surface area (Å²) in [4.78, 5) is 7.60. The van der Waals surface area contributed by atoms with Crippen LogP contribution in [0.15, 0.2) is 42.5 Å². The van der Waals surface area contributed by atoms with Crippen LogP contribution in [0.3, 0.4) is 0 Å². The fourth-order valence-corrected chi connectivity index (χ4v) is 2.04. The SMILES string of the molecule is OCCOc1ccc2nc(-c3ccccc3O)[nH]c2c1. The summed E-state index contributed by atoms with van der Waals surface area (Å²) in [6.45, 7) is 0.232. The number of benzene rings is 2. The molecule has 5 nitrogen and oxygen atoms in total. The summed E-state index contributed by atoms with van der Waals surface area (Å²) in [5.41, 5.74) is 2.26. The molecule has 3 aromatic rings. The molecule has 1 aromatic heterocycles. The van der Waals surface area contributed by atoms with Crippen molar-refractivity contribution < 1.29 is 14.9 Å². The Morgan fingerprint density at radius 3 is 2.80 bits per heavy atom. The molecule has 102 valence electrons.